The maximum absolute atomic E-state index is 2.65. The van der Waals surface area contributed by atoms with E-state index in [1.807, 2.05) is 0 Å². The lowest BCUT2D eigenvalue weighted by atomic mass is 9.81. The first-order valence-electron chi connectivity index (χ1n) is 44.8. The number of para-hydroxylation sites is 5. The first-order valence-corrected chi connectivity index (χ1v) is 44.8. The molecule has 26 aromatic rings. The van der Waals surface area contributed by atoms with E-state index in [9.17, 15) is 0 Å². The van der Waals surface area contributed by atoms with Gasteiger partial charge in [-0.05, 0) is 228 Å². The molecule has 126 heavy (non-hydrogen) atoms. The van der Waals surface area contributed by atoms with Crippen LogP contribution in [0.2, 0.25) is 0 Å². The molecule has 0 amide bonds. The van der Waals surface area contributed by atoms with Crippen LogP contribution in [0.25, 0.3) is 208 Å². The third-order valence-corrected chi connectivity index (χ3v) is 31.6. The Hall–Kier alpha value is -15.2. The van der Waals surface area contributed by atoms with Crippen molar-refractivity contribution in [1.82, 2.24) is 17.6 Å². The van der Waals surface area contributed by atoms with E-state index >= 15 is 0 Å². The van der Waals surface area contributed by atoms with Crippen molar-refractivity contribution in [3.8, 4) is 55.6 Å². The van der Waals surface area contributed by atoms with Crippen molar-refractivity contribution in [2.75, 3.05) is 9.80 Å². The van der Waals surface area contributed by atoms with E-state index in [0.29, 0.717) is 0 Å². The van der Waals surface area contributed by atoms with Gasteiger partial charge in [-0.15, -0.1) is 0 Å². The van der Waals surface area contributed by atoms with Crippen LogP contribution in [-0.4, -0.2) is 17.6 Å². The molecule has 0 saturated heterocycles. The van der Waals surface area contributed by atoms with Crippen LogP contribution in [0.1, 0.15) is 99.9 Å². The summed E-state index contributed by atoms with van der Waals surface area (Å²) in [5.74, 6) is 0. The highest BCUT2D eigenvalue weighted by atomic mass is 15.2. The van der Waals surface area contributed by atoms with E-state index in [2.05, 4.69) is 423 Å². The minimum absolute atomic E-state index is 0.105. The zero-order valence-corrected chi connectivity index (χ0v) is 71.0. The SMILES string of the molecule is CC1(C)c2ccccc2-c2cc3c(cc21)c1cccc2c4cc5c(cc4n3c12)c1ccc(N(c2ccccc2)c2cccc(-c3ccc4c(c3)C(C)(C)c3ccc6c(c3-4)c3cccc4c7cc8c(cc7n6c43)c3ccc(N(c4ccccc4)c4ccccc4)c4c6c7c(ccc6n8c34)C(C)(C)c3ccccc3-7)c2)c2c3cc4c(cc3n5c12)-c1ccccc1C4(C)C. The number of benzene rings is 18. The number of fused-ring (bicyclic) bond motifs is 38. The Morgan fingerprint density at radius 1 is 0.183 bits per heavy atom. The number of hydrogen-bond acceptors (Lipinski definition) is 2. The predicted molar refractivity (Wildman–Crippen MR) is 530 cm³/mol. The predicted octanol–water partition coefficient (Wildman–Crippen LogP) is 32.1. The van der Waals surface area contributed by atoms with Gasteiger partial charge in [0.25, 0.3) is 0 Å². The second-order valence-corrected chi connectivity index (χ2v) is 38.9. The summed E-state index contributed by atoms with van der Waals surface area (Å²) in [6.07, 6.45) is 0. The van der Waals surface area contributed by atoms with Gasteiger partial charge in [0, 0.05) is 131 Å². The number of nitrogens with zero attached hydrogens (tertiary/aromatic N) is 6. The molecule has 0 unspecified atom stereocenters. The lowest BCUT2D eigenvalue weighted by molar-refractivity contribution is 0.661. The van der Waals surface area contributed by atoms with Crippen LogP contribution < -0.4 is 9.80 Å². The van der Waals surface area contributed by atoms with Gasteiger partial charge in [0.2, 0.25) is 0 Å². The average Bonchev–Trinajstić information content (AvgIpc) is 1.18. The minimum Gasteiger partial charge on any atom is -0.310 e. The third-order valence-electron chi connectivity index (χ3n) is 31.6. The van der Waals surface area contributed by atoms with Gasteiger partial charge < -0.3 is 27.4 Å². The lowest BCUT2D eigenvalue weighted by Gasteiger charge is -2.27. The molecule has 590 valence electrons. The van der Waals surface area contributed by atoms with Crippen LogP contribution in [0.5, 0.6) is 0 Å². The second kappa shape index (κ2) is 22.8. The van der Waals surface area contributed by atoms with E-state index < -0.39 is 0 Å². The fourth-order valence-corrected chi connectivity index (χ4v) is 26.0. The average molecular weight is 1610 g/mol. The maximum Gasteiger partial charge on any atom is 0.0641 e. The summed E-state index contributed by atoms with van der Waals surface area (Å²) in [6.45, 7) is 19.4. The van der Waals surface area contributed by atoms with E-state index in [4.69, 9.17) is 0 Å². The summed E-state index contributed by atoms with van der Waals surface area (Å²) < 4.78 is 10.5. The van der Waals surface area contributed by atoms with Gasteiger partial charge in [-0.2, -0.15) is 0 Å². The highest BCUT2D eigenvalue weighted by Gasteiger charge is 2.44. The van der Waals surface area contributed by atoms with Crippen LogP contribution in [0.3, 0.4) is 0 Å². The molecule has 0 radical (unpaired) electrons. The van der Waals surface area contributed by atoms with Gasteiger partial charge >= 0.3 is 0 Å². The van der Waals surface area contributed by atoms with Gasteiger partial charge in [-0.3, -0.25) is 0 Å². The first kappa shape index (κ1) is 68.3. The molecular weight excluding hydrogens is 1530 g/mol. The zero-order chi connectivity index (χ0) is 83.1. The van der Waals surface area contributed by atoms with Gasteiger partial charge in [0.15, 0.2) is 0 Å². The van der Waals surface area contributed by atoms with Gasteiger partial charge in [-0.25, -0.2) is 0 Å². The van der Waals surface area contributed by atoms with Gasteiger partial charge in [0.05, 0.1) is 77.6 Å². The van der Waals surface area contributed by atoms with Crippen LogP contribution in [0.15, 0.2) is 340 Å². The van der Waals surface area contributed by atoms with Crippen LogP contribution in [0.4, 0.5) is 34.1 Å². The maximum atomic E-state index is 2.65. The molecule has 0 spiro atoms. The molecule has 0 saturated carbocycles. The van der Waals surface area contributed by atoms with Crippen molar-refractivity contribution in [2.24, 2.45) is 0 Å². The van der Waals surface area contributed by atoms with Crippen molar-refractivity contribution in [3.63, 3.8) is 0 Å². The number of hydrogen-bond donors (Lipinski definition) is 0. The van der Waals surface area contributed by atoms with E-state index in [-0.39, 0.29) is 21.7 Å². The van der Waals surface area contributed by atoms with Crippen LogP contribution in [-0.2, 0) is 21.7 Å². The molecule has 30 rings (SSSR count). The molecule has 6 nitrogen and oxygen atoms in total. The Balaban J connectivity index is 0.590. The second-order valence-electron chi connectivity index (χ2n) is 38.9. The highest BCUT2D eigenvalue weighted by molar-refractivity contribution is 6.36. The van der Waals surface area contributed by atoms with Crippen molar-refractivity contribution < 1.29 is 0 Å². The van der Waals surface area contributed by atoms with E-state index in [1.54, 1.807) is 0 Å². The number of anilines is 6. The van der Waals surface area contributed by atoms with E-state index in [1.165, 1.54) is 258 Å². The van der Waals surface area contributed by atoms with Gasteiger partial charge in [0.1, 0.15) is 0 Å². The molecule has 4 aliphatic carbocycles. The molecule has 0 atom stereocenters. The number of aromatic nitrogens is 4. The van der Waals surface area contributed by atoms with E-state index in [0.717, 1.165) is 28.4 Å². The molecule has 6 heteroatoms. The molecule has 0 aliphatic heterocycles. The van der Waals surface area contributed by atoms with Crippen LogP contribution in [0, 0.1) is 0 Å². The Bertz CT molecular complexity index is 9430. The summed E-state index contributed by atoms with van der Waals surface area (Å²) in [6, 6.07) is 131. The van der Waals surface area contributed by atoms with Crippen molar-refractivity contribution in [1.29, 1.82) is 0 Å². The normalized spacial score (nSPS) is 15.1. The lowest BCUT2D eigenvalue weighted by Crippen LogP contribution is -2.15. The summed E-state index contributed by atoms with van der Waals surface area (Å²) in [4.78, 5) is 5.04. The standard InChI is InChI=1S/C120H80N6/c1-117(2)91-44-23-20-37-78(91)108-93(117)50-54-99-111(108)112-100(121(67-28-12-9-13-29-67)68-30-14-10-15-31-68)52-48-77-87-63-102-85(61-103(87)124(99)116(77)112)75-40-26-41-80-109-97(123(102)114(75)80)53-49-92-107(109)79-46-45-66(56-94(79)120(92,7)8)65-27-24-34-70(55-65)122(69-32-16-11-17-33-69)98-51-47-76-86-64-104-84(62-105(86)126-106-60-82-72-36-19-22-43-90(72)119(5,6)96(82)58-88(106)110(98)115(76)126)74-39-25-38-73-83-57-95-81(59-101(83)125(104)113(73)74)71-35-18-21-42-89(71)118(95,3)4/h9-64H,1-8H3. The zero-order valence-electron chi connectivity index (χ0n) is 71.0. The molecule has 18 aromatic carbocycles. The third kappa shape index (κ3) is 8.02. The topological polar surface area (TPSA) is 24.1 Å². The molecule has 8 aromatic heterocycles. The Labute approximate surface area is 725 Å². The number of rotatable bonds is 7. The van der Waals surface area contributed by atoms with Gasteiger partial charge in [-0.1, -0.05) is 268 Å². The molecule has 0 bridgehead atoms. The molecule has 0 fully saturated rings. The monoisotopic (exact) mass is 1600 g/mol. The molecular formula is C120H80N6. The Morgan fingerprint density at radius 3 is 1.10 bits per heavy atom. The summed E-state index contributed by atoms with van der Waals surface area (Å²) >= 11 is 0. The highest BCUT2D eigenvalue weighted by Crippen LogP contribution is 2.62. The van der Waals surface area contributed by atoms with Crippen molar-refractivity contribution in [3.05, 3.63) is 384 Å². The van der Waals surface area contributed by atoms with Crippen molar-refractivity contribution >= 4 is 187 Å². The first-order chi connectivity index (χ1) is 61.6. The Kier molecular flexibility index (Phi) is 12.3. The summed E-state index contributed by atoms with van der Waals surface area (Å²) in [7, 11) is 0. The summed E-state index contributed by atoms with van der Waals surface area (Å²) in [5, 5.41) is 20.5. The molecule has 0 N–H and O–H groups in total. The summed E-state index contributed by atoms with van der Waals surface area (Å²) in [5.41, 5.74) is 45.0. The fraction of sp³-hybridized carbons (Fsp3) is 0.100. The largest absolute Gasteiger partial charge is 0.310 e. The minimum atomic E-state index is -0.308. The van der Waals surface area contributed by atoms with Crippen LogP contribution >= 0.6 is 0 Å². The Morgan fingerprint density at radius 2 is 0.540 bits per heavy atom. The quantitative estimate of drug-likeness (QED) is 0.159. The van der Waals surface area contributed by atoms with Crippen molar-refractivity contribution in [2.45, 2.75) is 77.0 Å². The molecule has 4 aliphatic rings. The smallest absolute Gasteiger partial charge is 0.0641 e. The fourth-order valence-electron chi connectivity index (χ4n) is 26.0. The molecule has 8 heterocycles.